The highest BCUT2D eigenvalue weighted by atomic mass is 32.2. The third-order valence-electron chi connectivity index (χ3n) is 6.33. The zero-order valence-corrected chi connectivity index (χ0v) is 24.6. The lowest BCUT2D eigenvalue weighted by Gasteiger charge is -2.17. The normalized spacial score (nSPS) is 13.0. The molecule has 0 aliphatic heterocycles. The maximum Gasteiger partial charge on any atom is 0.338 e. The fraction of sp³-hybridized carbons (Fsp3) is 1.00. The first-order chi connectivity index (χ1) is 16.0. The van der Waals surface area contributed by atoms with E-state index in [1.54, 1.807) is 0 Å². The summed E-state index contributed by atoms with van der Waals surface area (Å²) in [6, 6.07) is 0. The molecule has 0 aliphatic carbocycles. The maximum atomic E-state index is 11.9. The predicted molar refractivity (Wildman–Crippen MR) is 154 cm³/mol. The lowest BCUT2D eigenvalue weighted by atomic mass is 10.1. The van der Waals surface area contributed by atoms with Gasteiger partial charge in [0.1, 0.15) is 4.99 Å². The molecular weight excluding hydrogens is 467 g/mol. The van der Waals surface area contributed by atoms with Crippen LogP contribution >= 0.6 is 31.1 Å². The van der Waals surface area contributed by atoms with Crippen LogP contribution in [-0.4, -0.2) is 32.0 Å². The van der Waals surface area contributed by atoms with E-state index >= 15 is 0 Å². The van der Waals surface area contributed by atoms with Gasteiger partial charge in [-0.3, -0.25) is 4.57 Å². The molecule has 0 saturated carbocycles. The van der Waals surface area contributed by atoms with Crippen molar-refractivity contribution in [2.24, 2.45) is 0 Å². The average Bonchev–Trinajstić information content (AvgIpc) is 2.78. The minimum Gasteiger partial charge on any atom is -0.324 e. The molecule has 0 radical (unpaired) electrons. The van der Waals surface area contributed by atoms with Gasteiger partial charge in [0.2, 0.25) is 0 Å². The summed E-state index contributed by atoms with van der Waals surface area (Å²) in [7, 11) is -3.99. The number of thioether (sulfide) groups is 2. The molecule has 3 nitrogen and oxygen atoms in total. The van der Waals surface area contributed by atoms with E-state index in [2.05, 4.69) is 13.8 Å². The third kappa shape index (κ3) is 25.7. The number of hydrogen-bond donors (Lipinski definition) is 2. The van der Waals surface area contributed by atoms with E-state index in [0.717, 1.165) is 23.7 Å². The van der Waals surface area contributed by atoms with Crippen LogP contribution in [0.3, 0.4) is 0 Å². The van der Waals surface area contributed by atoms with Gasteiger partial charge in [-0.25, -0.2) is 0 Å². The third-order valence-corrected chi connectivity index (χ3v) is 10.9. The van der Waals surface area contributed by atoms with Gasteiger partial charge >= 0.3 is 7.60 Å². The molecule has 0 heterocycles. The van der Waals surface area contributed by atoms with Gasteiger partial charge in [-0.15, -0.1) is 11.8 Å². The van der Waals surface area contributed by atoms with E-state index in [1.807, 2.05) is 11.8 Å². The Morgan fingerprint density at radius 1 is 0.545 bits per heavy atom. The molecular formula is C27H57O3PS2. The molecule has 0 spiro atoms. The Labute approximate surface area is 216 Å². The Bertz CT molecular complexity index is 432. The van der Waals surface area contributed by atoms with Gasteiger partial charge in [0.05, 0.1) is 0 Å². The fourth-order valence-corrected chi connectivity index (χ4v) is 7.96. The van der Waals surface area contributed by atoms with Crippen molar-refractivity contribution < 1.29 is 14.4 Å². The Morgan fingerprint density at radius 2 is 0.909 bits per heavy atom. The van der Waals surface area contributed by atoms with E-state index in [0.29, 0.717) is 6.42 Å². The molecule has 2 N–H and O–H groups in total. The van der Waals surface area contributed by atoms with Crippen LogP contribution in [0.4, 0.5) is 0 Å². The van der Waals surface area contributed by atoms with Gasteiger partial charge in [-0.05, 0) is 36.5 Å². The van der Waals surface area contributed by atoms with Gasteiger partial charge in [-0.1, -0.05) is 129 Å². The van der Waals surface area contributed by atoms with Gasteiger partial charge < -0.3 is 9.79 Å². The Morgan fingerprint density at radius 3 is 1.30 bits per heavy atom. The first-order valence-corrected chi connectivity index (χ1v) is 18.1. The van der Waals surface area contributed by atoms with Crippen molar-refractivity contribution in [2.45, 2.75) is 154 Å². The standard InChI is InChI=1S/C27H57O3PS2/c1-3-5-7-9-11-13-15-17-19-21-24-32-26-23-27(31(28,29)30)33-25-22-20-18-16-14-12-10-8-6-4-2/h27H,3-26H2,1-2H3,(H2,28,29,30). The van der Waals surface area contributed by atoms with E-state index in [1.165, 1.54) is 134 Å². The van der Waals surface area contributed by atoms with Crippen LogP contribution in [0.2, 0.25) is 0 Å². The lowest BCUT2D eigenvalue weighted by molar-refractivity contribution is 0.369. The summed E-state index contributed by atoms with van der Waals surface area (Å²) < 4.78 is 11.9. The highest BCUT2D eigenvalue weighted by Gasteiger charge is 2.28. The zero-order valence-electron chi connectivity index (χ0n) is 22.1. The van der Waals surface area contributed by atoms with Crippen LogP contribution in [0.1, 0.15) is 149 Å². The summed E-state index contributed by atoms with van der Waals surface area (Å²) in [5.41, 5.74) is 0. The van der Waals surface area contributed by atoms with Crippen molar-refractivity contribution in [2.75, 3.05) is 17.3 Å². The molecule has 0 amide bonds. The molecule has 0 aliphatic rings. The molecule has 0 fully saturated rings. The van der Waals surface area contributed by atoms with Crippen molar-refractivity contribution >= 4 is 31.1 Å². The fourth-order valence-electron chi connectivity index (χ4n) is 4.14. The lowest BCUT2D eigenvalue weighted by Crippen LogP contribution is -2.06. The van der Waals surface area contributed by atoms with Crippen LogP contribution in [0.15, 0.2) is 0 Å². The topological polar surface area (TPSA) is 57.5 Å². The summed E-state index contributed by atoms with van der Waals surface area (Å²) in [5.74, 6) is 2.89. The van der Waals surface area contributed by atoms with Crippen molar-refractivity contribution in [3.8, 4) is 0 Å². The Balaban J connectivity index is 3.57. The highest BCUT2D eigenvalue weighted by molar-refractivity contribution is 8.05. The van der Waals surface area contributed by atoms with Gasteiger partial charge in [0.15, 0.2) is 0 Å². The van der Waals surface area contributed by atoms with Gasteiger partial charge in [-0.2, -0.15) is 11.8 Å². The van der Waals surface area contributed by atoms with E-state index in [-0.39, 0.29) is 0 Å². The molecule has 0 aromatic rings. The largest absolute Gasteiger partial charge is 0.338 e. The monoisotopic (exact) mass is 524 g/mol. The summed E-state index contributed by atoms with van der Waals surface area (Å²) >= 11 is 3.39. The molecule has 200 valence electrons. The second-order valence-electron chi connectivity index (χ2n) is 9.68. The Kier molecular flexibility index (Phi) is 26.6. The van der Waals surface area contributed by atoms with Crippen molar-refractivity contribution in [1.82, 2.24) is 0 Å². The number of rotatable bonds is 27. The van der Waals surface area contributed by atoms with E-state index in [9.17, 15) is 14.4 Å². The number of unbranched alkanes of at least 4 members (excludes halogenated alkanes) is 18. The first-order valence-electron chi connectivity index (χ1n) is 14.3. The molecule has 1 atom stereocenters. The molecule has 0 aromatic carbocycles. The highest BCUT2D eigenvalue weighted by Crippen LogP contribution is 2.49. The summed E-state index contributed by atoms with van der Waals surface area (Å²) in [6.45, 7) is 4.52. The zero-order chi connectivity index (χ0) is 24.5. The van der Waals surface area contributed by atoms with Crippen LogP contribution < -0.4 is 0 Å². The smallest absolute Gasteiger partial charge is 0.324 e. The molecule has 6 heteroatoms. The molecule has 0 bridgehead atoms. The van der Waals surface area contributed by atoms with Crippen LogP contribution in [0, 0.1) is 0 Å². The molecule has 0 rings (SSSR count). The molecule has 1 unspecified atom stereocenters. The molecule has 33 heavy (non-hydrogen) atoms. The minimum absolute atomic E-state index is 0.503. The Hall–Kier alpha value is 0.850. The SMILES string of the molecule is CCCCCCCCCCCCSCCC(SCCCCCCCCCCCC)P(=O)(O)O. The predicted octanol–water partition coefficient (Wildman–Crippen LogP) is 10.2. The minimum atomic E-state index is -3.99. The van der Waals surface area contributed by atoms with E-state index in [4.69, 9.17) is 0 Å². The van der Waals surface area contributed by atoms with Crippen LogP contribution in [-0.2, 0) is 4.57 Å². The van der Waals surface area contributed by atoms with Gasteiger partial charge in [0.25, 0.3) is 0 Å². The van der Waals surface area contributed by atoms with Crippen molar-refractivity contribution in [1.29, 1.82) is 0 Å². The van der Waals surface area contributed by atoms with Crippen molar-refractivity contribution in [3.05, 3.63) is 0 Å². The van der Waals surface area contributed by atoms with E-state index < -0.39 is 12.6 Å². The average molecular weight is 525 g/mol. The molecule has 0 saturated heterocycles. The maximum absolute atomic E-state index is 11.9. The van der Waals surface area contributed by atoms with Gasteiger partial charge in [0, 0.05) is 0 Å². The van der Waals surface area contributed by atoms with Crippen LogP contribution in [0.5, 0.6) is 0 Å². The second-order valence-corrected chi connectivity index (χ2v) is 14.4. The molecule has 0 aromatic heterocycles. The summed E-state index contributed by atoms with van der Waals surface area (Å²) in [5, 5.41) is 0. The second kappa shape index (κ2) is 25.9. The summed E-state index contributed by atoms with van der Waals surface area (Å²) in [6.07, 6.45) is 27.2. The first kappa shape index (κ1) is 33.8. The van der Waals surface area contributed by atoms with Crippen molar-refractivity contribution in [3.63, 3.8) is 0 Å². The quantitative estimate of drug-likeness (QED) is 0.0826. The summed E-state index contributed by atoms with van der Waals surface area (Å²) in [4.78, 5) is 18.9. The van der Waals surface area contributed by atoms with Crippen LogP contribution in [0.25, 0.3) is 0 Å². The number of hydrogen-bond acceptors (Lipinski definition) is 3.